The predicted molar refractivity (Wildman–Crippen MR) is 96.8 cm³/mol. The number of aromatic nitrogens is 4. The Hall–Kier alpha value is -2.14. The zero-order chi connectivity index (χ0) is 16.2. The number of hydrogen-bond acceptors (Lipinski definition) is 2. The van der Waals surface area contributed by atoms with Crippen LogP contribution in [0.5, 0.6) is 0 Å². The molecule has 0 saturated carbocycles. The van der Waals surface area contributed by atoms with Crippen molar-refractivity contribution in [3.63, 3.8) is 0 Å². The maximum absolute atomic E-state index is 4.45. The summed E-state index contributed by atoms with van der Waals surface area (Å²) in [6.45, 7) is 4.22. The molecule has 4 aromatic heterocycles. The minimum absolute atomic E-state index is 0.961. The molecule has 4 aromatic rings. The van der Waals surface area contributed by atoms with Crippen LogP contribution in [0.4, 0.5) is 0 Å². The van der Waals surface area contributed by atoms with E-state index >= 15 is 0 Å². The molecule has 0 unspecified atom stereocenters. The van der Waals surface area contributed by atoms with Gasteiger partial charge in [0.25, 0.3) is 0 Å². The van der Waals surface area contributed by atoms with E-state index in [1.54, 1.807) is 0 Å². The summed E-state index contributed by atoms with van der Waals surface area (Å²) in [5.41, 5.74) is 4.29. The van der Waals surface area contributed by atoms with Crippen molar-refractivity contribution in [2.45, 2.75) is 26.7 Å². The first-order valence-electron chi connectivity index (χ1n) is 7.77. The number of aryl methyl sites for hydroxylation is 2. The second-order valence-corrected chi connectivity index (χ2v) is 5.93. The minimum atomic E-state index is 0.961. The lowest BCUT2D eigenvalue weighted by atomic mass is 10.4. The standard InChI is InChI=1S/C9H9BrN2.C9H10N2/c1-2-7-9(10)12-6-4-3-5-8(12)11-7;1-2-8-7-11-6-4-3-5-9(11)10-8/h3-6H,2H2,1H3;3-7H,2H2,1H3. The molecule has 4 heterocycles. The molecule has 0 aliphatic heterocycles. The molecule has 23 heavy (non-hydrogen) atoms. The van der Waals surface area contributed by atoms with Gasteiger partial charge in [-0.25, -0.2) is 9.97 Å². The summed E-state index contributed by atoms with van der Waals surface area (Å²) >= 11 is 3.51. The number of fused-ring (bicyclic) bond motifs is 2. The zero-order valence-corrected chi connectivity index (χ0v) is 14.9. The third-order valence-electron chi connectivity index (χ3n) is 3.65. The van der Waals surface area contributed by atoms with E-state index in [1.165, 1.54) is 0 Å². The normalized spacial score (nSPS) is 10.7. The van der Waals surface area contributed by atoms with Gasteiger partial charge in [0, 0.05) is 18.6 Å². The number of rotatable bonds is 2. The van der Waals surface area contributed by atoms with Crippen molar-refractivity contribution in [2.75, 3.05) is 0 Å². The monoisotopic (exact) mass is 370 g/mol. The van der Waals surface area contributed by atoms with Crippen LogP contribution in [0, 0.1) is 0 Å². The highest BCUT2D eigenvalue weighted by Crippen LogP contribution is 2.18. The SMILES string of the molecule is CCc1cn2ccccc2n1.CCc1nc2ccccn2c1Br. The fraction of sp³-hybridized carbons (Fsp3) is 0.222. The van der Waals surface area contributed by atoms with E-state index in [0.717, 1.165) is 40.1 Å². The Morgan fingerprint density at radius 1 is 0.913 bits per heavy atom. The summed E-state index contributed by atoms with van der Waals surface area (Å²) < 4.78 is 5.15. The second-order valence-electron chi connectivity index (χ2n) is 5.18. The lowest BCUT2D eigenvalue weighted by Gasteiger charge is -1.92. The highest BCUT2D eigenvalue weighted by Gasteiger charge is 2.05. The van der Waals surface area contributed by atoms with Gasteiger partial charge in [-0.05, 0) is 53.0 Å². The number of imidazole rings is 2. The molecule has 0 fully saturated rings. The summed E-state index contributed by atoms with van der Waals surface area (Å²) in [4.78, 5) is 8.84. The summed E-state index contributed by atoms with van der Waals surface area (Å²) in [5.74, 6) is 0. The molecule has 4 rings (SSSR count). The molecule has 0 bridgehead atoms. The van der Waals surface area contributed by atoms with Crippen LogP contribution >= 0.6 is 15.9 Å². The van der Waals surface area contributed by atoms with E-state index in [9.17, 15) is 0 Å². The van der Waals surface area contributed by atoms with E-state index in [-0.39, 0.29) is 0 Å². The first-order chi connectivity index (χ1) is 11.2. The zero-order valence-electron chi connectivity index (χ0n) is 13.3. The fourth-order valence-electron chi connectivity index (χ4n) is 2.40. The Morgan fingerprint density at radius 3 is 2.30 bits per heavy atom. The number of nitrogens with zero attached hydrogens (tertiary/aromatic N) is 4. The van der Waals surface area contributed by atoms with E-state index in [4.69, 9.17) is 0 Å². The van der Waals surface area contributed by atoms with Gasteiger partial charge in [0.15, 0.2) is 0 Å². The van der Waals surface area contributed by atoms with Gasteiger partial charge >= 0.3 is 0 Å². The lowest BCUT2D eigenvalue weighted by Crippen LogP contribution is -1.82. The smallest absolute Gasteiger partial charge is 0.137 e. The first kappa shape index (κ1) is 15.7. The Balaban J connectivity index is 0.000000136. The molecule has 0 aliphatic carbocycles. The lowest BCUT2D eigenvalue weighted by molar-refractivity contribution is 1.05. The van der Waals surface area contributed by atoms with E-state index in [2.05, 4.69) is 45.9 Å². The van der Waals surface area contributed by atoms with Gasteiger partial charge < -0.3 is 4.40 Å². The molecule has 0 radical (unpaired) electrons. The van der Waals surface area contributed by atoms with Crippen molar-refractivity contribution >= 4 is 27.2 Å². The first-order valence-corrected chi connectivity index (χ1v) is 8.56. The molecule has 118 valence electrons. The molecule has 0 saturated heterocycles. The van der Waals surface area contributed by atoms with Gasteiger partial charge in [-0.1, -0.05) is 26.0 Å². The van der Waals surface area contributed by atoms with Gasteiger partial charge in [0.05, 0.1) is 11.4 Å². The summed E-state index contributed by atoms with van der Waals surface area (Å²) in [7, 11) is 0. The van der Waals surface area contributed by atoms with Crippen molar-refractivity contribution in [1.82, 2.24) is 18.8 Å². The van der Waals surface area contributed by atoms with Crippen molar-refractivity contribution in [3.8, 4) is 0 Å². The highest BCUT2D eigenvalue weighted by molar-refractivity contribution is 9.10. The number of pyridine rings is 2. The predicted octanol–water partition coefficient (Wildman–Crippen LogP) is 4.56. The second kappa shape index (κ2) is 6.96. The van der Waals surface area contributed by atoms with Crippen LogP contribution in [-0.2, 0) is 12.8 Å². The summed E-state index contributed by atoms with van der Waals surface area (Å²) in [6.07, 6.45) is 8.05. The van der Waals surface area contributed by atoms with Crippen LogP contribution in [0.3, 0.4) is 0 Å². The Kier molecular flexibility index (Phi) is 4.76. The average Bonchev–Trinajstić information content (AvgIpc) is 3.16. The molecule has 4 nitrogen and oxygen atoms in total. The molecular formula is C18H19BrN4. The topological polar surface area (TPSA) is 34.6 Å². The average molecular weight is 371 g/mol. The molecule has 0 amide bonds. The Labute approximate surface area is 143 Å². The molecule has 0 aromatic carbocycles. The minimum Gasteiger partial charge on any atom is -0.307 e. The molecule has 0 N–H and O–H groups in total. The Bertz CT molecular complexity index is 890. The van der Waals surface area contributed by atoms with Crippen molar-refractivity contribution in [3.05, 3.63) is 71.0 Å². The van der Waals surface area contributed by atoms with Gasteiger partial charge in [0.2, 0.25) is 0 Å². The van der Waals surface area contributed by atoms with Crippen LogP contribution in [0.25, 0.3) is 11.3 Å². The van der Waals surface area contributed by atoms with Crippen molar-refractivity contribution < 1.29 is 0 Å². The molecule has 0 spiro atoms. The molecule has 0 atom stereocenters. The summed E-state index contributed by atoms with van der Waals surface area (Å²) in [6, 6.07) is 12.0. The number of halogens is 1. The molecule has 5 heteroatoms. The van der Waals surface area contributed by atoms with Gasteiger partial charge in [-0.3, -0.25) is 4.40 Å². The van der Waals surface area contributed by atoms with Crippen LogP contribution in [0.2, 0.25) is 0 Å². The van der Waals surface area contributed by atoms with Crippen LogP contribution < -0.4 is 0 Å². The maximum Gasteiger partial charge on any atom is 0.137 e. The maximum atomic E-state index is 4.45. The number of hydrogen-bond donors (Lipinski definition) is 0. The molecular weight excluding hydrogens is 352 g/mol. The van der Waals surface area contributed by atoms with Crippen LogP contribution in [-0.4, -0.2) is 18.8 Å². The van der Waals surface area contributed by atoms with Gasteiger partial charge in [0.1, 0.15) is 15.9 Å². The highest BCUT2D eigenvalue weighted by atomic mass is 79.9. The third kappa shape index (κ3) is 3.29. The van der Waals surface area contributed by atoms with Gasteiger partial charge in [-0.15, -0.1) is 0 Å². The van der Waals surface area contributed by atoms with Crippen molar-refractivity contribution in [2.24, 2.45) is 0 Å². The van der Waals surface area contributed by atoms with Crippen molar-refractivity contribution in [1.29, 1.82) is 0 Å². The van der Waals surface area contributed by atoms with E-state index < -0.39 is 0 Å². The van der Waals surface area contributed by atoms with Crippen LogP contribution in [0.15, 0.2) is 59.6 Å². The molecule has 0 aliphatic rings. The Morgan fingerprint density at radius 2 is 1.65 bits per heavy atom. The van der Waals surface area contributed by atoms with E-state index in [0.29, 0.717) is 0 Å². The quantitative estimate of drug-likeness (QED) is 0.518. The third-order valence-corrected chi connectivity index (χ3v) is 4.49. The van der Waals surface area contributed by atoms with Gasteiger partial charge in [-0.2, -0.15) is 0 Å². The van der Waals surface area contributed by atoms with Crippen LogP contribution in [0.1, 0.15) is 25.2 Å². The summed E-state index contributed by atoms with van der Waals surface area (Å²) in [5, 5.41) is 0. The largest absolute Gasteiger partial charge is 0.307 e. The van der Waals surface area contributed by atoms with E-state index in [1.807, 2.05) is 57.6 Å². The fourth-order valence-corrected chi connectivity index (χ4v) is 3.07.